The highest BCUT2D eigenvalue weighted by Gasteiger charge is 2.07. The summed E-state index contributed by atoms with van der Waals surface area (Å²) in [6.07, 6.45) is 0.570. The number of aliphatic imine (C=N–C) groups is 1. The quantitative estimate of drug-likeness (QED) is 0.397. The van der Waals surface area contributed by atoms with Gasteiger partial charge in [0, 0.05) is 5.57 Å². The minimum Gasteiger partial charge on any atom is -0.453 e. The van der Waals surface area contributed by atoms with E-state index in [0.29, 0.717) is 5.57 Å². The Morgan fingerprint density at radius 2 is 2.15 bits per heavy atom. The number of ether oxygens (including phenoxy) is 1. The van der Waals surface area contributed by atoms with Crippen molar-refractivity contribution in [3.8, 4) is 0 Å². The van der Waals surface area contributed by atoms with E-state index in [-0.39, 0.29) is 0 Å². The predicted molar refractivity (Wildman–Crippen MR) is 48.4 cm³/mol. The van der Waals surface area contributed by atoms with Crippen molar-refractivity contribution in [1.29, 1.82) is 0 Å². The zero-order chi connectivity index (χ0) is 10.4. The van der Waals surface area contributed by atoms with Crippen molar-refractivity contribution in [2.24, 2.45) is 10.7 Å². The Balaban J connectivity index is 4.01. The van der Waals surface area contributed by atoms with Gasteiger partial charge in [-0.3, -0.25) is 0 Å². The number of carbonyl (C=O) groups excluding carboxylic acids is 2. The van der Waals surface area contributed by atoms with E-state index < -0.39 is 18.1 Å². The van der Waals surface area contributed by atoms with E-state index in [1.165, 1.54) is 6.92 Å². The molecule has 0 aromatic carbocycles. The van der Waals surface area contributed by atoms with Gasteiger partial charge in [0.1, 0.15) is 6.10 Å². The van der Waals surface area contributed by atoms with Crippen LogP contribution in [-0.2, 0) is 9.53 Å². The Morgan fingerprint density at radius 1 is 1.62 bits per heavy atom. The molecule has 0 aliphatic rings. The molecule has 72 valence electrons. The van der Waals surface area contributed by atoms with Gasteiger partial charge >= 0.3 is 12.0 Å². The first-order chi connectivity index (χ1) is 5.93. The van der Waals surface area contributed by atoms with Crippen molar-refractivity contribution >= 4 is 18.2 Å². The number of hydrogen-bond acceptors (Lipinski definition) is 3. The summed E-state index contributed by atoms with van der Waals surface area (Å²) in [5, 5.41) is 0. The molecular weight excluding hydrogens is 172 g/mol. The molecule has 0 saturated carbocycles. The molecule has 0 spiro atoms. The van der Waals surface area contributed by atoms with E-state index in [0.717, 1.165) is 6.21 Å². The summed E-state index contributed by atoms with van der Waals surface area (Å²) in [5.41, 5.74) is 5.03. The molecule has 5 nitrogen and oxygen atoms in total. The average molecular weight is 184 g/mol. The summed E-state index contributed by atoms with van der Waals surface area (Å²) >= 11 is 0. The highest BCUT2D eigenvalue weighted by Crippen LogP contribution is 1.96. The van der Waals surface area contributed by atoms with E-state index >= 15 is 0 Å². The van der Waals surface area contributed by atoms with Crippen LogP contribution >= 0.6 is 0 Å². The lowest BCUT2D eigenvalue weighted by Crippen LogP contribution is -2.17. The number of carbonyl (C=O) groups is 2. The van der Waals surface area contributed by atoms with Crippen LogP contribution in [0.3, 0.4) is 0 Å². The largest absolute Gasteiger partial charge is 0.453 e. The molecule has 5 heteroatoms. The Morgan fingerprint density at radius 3 is 2.54 bits per heavy atom. The molecule has 0 aromatic heterocycles. The fourth-order valence-corrected chi connectivity index (χ4v) is 0.478. The van der Waals surface area contributed by atoms with Gasteiger partial charge in [-0.15, -0.1) is 0 Å². The van der Waals surface area contributed by atoms with Gasteiger partial charge in [-0.05, 0) is 13.8 Å². The lowest BCUT2D eigenvalue weighted by atomic mass is 10.3. The van der Waals surface area contributed by atoms with E-state index in [9.17, 15) is 9.59 Å². The molecule has 0 aliphatic carbocycles. The number of hydrogen-bond donors (Lipinski definition) is 1. The highest BCUT2D eigenvalue weighted by atomic mass is 16.5. The van der Waals surface area contributed by atoms with Crippen LogP contribution in [0, 0.1) is 0 Å². The lowest BCUT2D eigenvalue weighted by Gasteiger charge is -2.06. The third-order valence-corrected chi connectivity index (χ3v) is 1.05. The zero-order valence-corrected chi connectivity index (χ0v) is 7.61. The molecular formula is C8H12N2O3. The molecule has 0 saturated heterocycles. The molecule has 1 atom stereocenters. The molecule has 0 heterocycles. The zero-order valence-electron chi connectivity index (χ0n) is 7.61. The first kappa shape index (κ1) is 11.4. The van der Waals surface area contributed by atoms with Gasteiger partial charge in [-0.2, -0.15) is 0 Å². The summed E-state index contributed by atoms with van der Waals surface area (Å²) in [7, 11) is 0. The Bertz CT molecular complexity index is 258. The van der Waals surface area contributed by atoms with Crippen LogP contribution in [0.4, 0.5) is 4.79 Å². The number of urea groups is 1. The maximum absolute atomic E-state index is 10.9. The number of esters is 1. The number of primary amides is 1. The third-order valence-electron chi connectivity index (χ3n) is 1.05. The van der Waals surface area contributed by atoms with E-state index in [4.69, 9.17) is 10.5 Å². The first-order valence-corrected chi connectivity index (χ1v) is 3.63. The highest BCUT2D eigenvalue weighted by molar-refractivity contribution is 5.89. The van der Waals surface area contributed by atoms with Crippen molar-refractivity contribution in [3.05, 3.63) is 12.2 Å². The molecule has 0 bridgehead atoms. The fraction of sp³-hybridized carbons (Fsp3) is 0.375. The minimum absolute atomic E-state index is 0.291. The number of nitrogens with zero attached hydrogens (tertiary/aromatic N) is 1. The van der Waals surface area contributed by atoms with Gasteiger partial charge in [0.25, 0.3) is 0 Å². The molecule has 0 aromatic rings. The van der Waals surface area contributed by atoms with Gasteiger partial charge in [0.15, 0.2) is 0 Å². The molecule has 0 fully saturated rings. The van der Waals surface area contributed by atoms with Crippen LogP contribution in [0.2, 0.25) is 0 Å². The minimum atomic E-state index is -0.821. The summed E-state index contributed by atoms with van der Waals surface area (Å²) in [4.78, 5) is 24.3. The average Bonchev–Trinajstić information content (AvgIpc) is 2.00. The van der Waals surface area contributed by atoms with E-state index in [1.807, 2.05) is 0 Å². The van der Waals surface area contributed by atoms with Crippen LogP contribution in [0.15, 0.2) is 17.1 Å². The summed E-state index contributed by atoms with van der Waals surface area (Å²) < 4.78 is 4.77. The van der Waals surface area contributed by atoms with Crippen LogP contribution < -0.4 is 5.73 Å². The van der Waals surface area contributed by atoms with Gasteiger partial charge < -0.3 is 10.5 Å². The summed E-state index contributed by atoms with van der Waals surface area (Å²) in [5.74, 6) is -0.525. The van der Waals surface area contributed by atoms with Crippen molar-refractivity contribution < 1.29 is 14.3 Å². The Labute approximate surface area is 76.3 Å². The van der Waals surface area contributed by atoms with Crippen LogP contribution in [0.25, 0.3) is 0 Å². The number of nitrogens with two attached hydrogens (primary N) is 1. The van der Waals surface area contributed by atoms with Crippen molar-refractivity contribution in [3.63, 3.8) is 0 Å². The molecule has 2 N–H and O–H groups in total. The second-order valence-electron chi connectivity index (χ2n) is 2.51. The maximum Gasteiger partial charge on any atom is 0.338 e. The fourth-order valence-electron chi connectivity index (χ4n) is 0.478. The van der Waals surface area contributed by atoms with Crippen LogP contribution in [0.5, 0.6) is 0 Å². The molecule has 2 amide bonds. The topological polar surface area (TPSA) is 81.8 Å². The van der Waals surface area contributed by atoms with Gasteiger partial charge in [0.2, 0.25) is 0 Å². The van der Waals surface area contributed by atoms with Gasteiger partial charge in [-0.1, -0.05) is 6.58 Å². The SMILES string of the molecule is C=C(C)C(=O)OC(C)/C=N/C(N)=O. The number of amides is 2. The molecule has 0 rings (SSSR count). The summed E-state index contributed by atoms with van der Waals surface area (Å²) in [6.45, 7) is 6.48. The van der Waals surface area contributed by atoms with E-state index in [2.05, 4.69) is 11.6 Å². The monoisotopic (exact) mass is 184 g/mol. The van der Waals surface area contributed by atoms with Gasteiger partial charge in [0.05, 0.1) is 6.21 Å². The smallest absolute Gasteiger partial charge is 0.338 e. The second-order valence-corrected chi connectivity index (χ2v) is 2.51. The van der Waals surface area contributed by atoms with Crippen molar-refractivity contribution in [2.45, 2.75) is 20.0 Å². The molecule has 1 unspecified atom stereocenters. The van der Waals surface area contributed by atoms with Crippen molar-refractivity contribution in [1.82, 2.24) is 0 Å². The number of rotatable bonds is 3. The van der Waals surface area contributed by atoms with Gasteiger partial charge in [-0.25, -0.2) is 14.6 Å². The second kappa shape index (κ2) is 5.08. The predicted octanol–water partition coefficient (Wildman–Crippen LogP) is 0.644. The maximum atomic E-state index is 10.9. The standard InChI is InChI=1S/C8H12N2O3/c1-5(2)7(11)13-6(3)4-10-8(9)12/h4,6H,1H2,2-3H3,(H2,9,12)/b10-4+. The van der Waals surface area contributed by atoms with Crippen molar-refractivity contribution in [2.75, 3.05) is 0 Å². The molecule has 0 aliphatic heterocycles. The molecule has 13 heavy (non-hydrogen) atoms. The lowest BCUT2D eigenvalue weighted by molar-refractivity contribution is -0.140. The third kappa shape index (κ3) is 5.60. The first-order valence-electron chi connectivity index (χ1n) is 3.63. The normalized spacial score (nSPS) is 12.5. The van der Waals surface area contributed by atoms with Crippen LogP contribution in [0.1, 0.15) is 13.8 Å². The Kier molecular flexibility index (Phi) is 4.43. The Hall–Kier alpha value is -1.65. The molecule has 0 radical (unpaired) electrons. The van der Waals surface area contributed by atoms with Crippen LogP contribution in [-0.4, -0.2) is 24.3 Å². The van der Waals surface area contributed by atoms with E-state index in [1.54, 1.807) is 6.92 Å². The summed E-state index contributed by atoms with van der Waals surface area (Å²) in [6, 6.07) is -0.821.